The van der Waals surface area contributed by atoms with Crippen LogP contribution in [0, 0.1) is 0 Å². The fourth-order valence-corrected chi connectivity index (χ4v) is 2.19. The number of anilines is 1. The quantitative estimate of drug-likeness (QED) is 0.895. The van der Waals surface area contributed by atoms with Crippen LogP contribution in [0.1, 0.15) is 6.42 Å². The van der Waals surface area contributed by atoms with Gasteiger partial charge < -0.3 is 24.8 Å². The highest BCUT2D eigenvalue weighted by molar-refractivity contribution is 6.32. The zero-order valence-corrected chi connectivity index (χ0v) is 12.1. The molecule has 110 valence electrons. The van der Waals surface area contributed by atoms with Crippen molar-refractivity contribution in [3.05, 3.63) is 17.2 Å². The number of methoxy groups -OCH3 is 2. The smallest absolute Gasteiger partial charge is 0.319 e. The predicted molar refractivity (Wildman–Crippen MR) is 75.9 cm³/mol. The van der Waals surface area contributed by atoms with E-state index in [1.54, 1.807) is 12.1 Å². The van der Waals surface area contributed by atoms with Crippen molar-refractivity contribution in [3.63, 3.8) is 0 Å². The Morgan fingerprint density at radius 2 is 2.10 bits per heavy atom. The standard InChI is InChI=1S/C13H17ClN2O4/c1-18-11-6-12(19-2)10(5-9(11)14)16-13(17)15-8-3-4-20-7-8/h5-6,8H,3-4,7H2,1-2H3,(H2,15,16,17). The Morgan fingerprint density at radius 1 is 1.35 bits per heavy atom. The van der Waals surface area contributed by atoms with Gasteiger partial charge in [0.25, 0.3) is 0 Å². The molecule has 1 aliphatic rings. The molecule has 7 heteroatoms. The molecule has 1 aromatic rings. The van der Waals surface area contributed by atoms with E-state index in [1.165, 1.54) is 14.2 Å². The second-order valence-electron chi connectivity index (χ2n) is 4.35. The van der Waals surface area contributed by atoms with Crippen molar-refractivity contribution >= 4 is 23.3 Å². The highest BCUT2D eigenvalue weighted by atomic mass is 35.5. The molecule has 6 nitrogen and oxygen atoms in total. The molecule has 1 fully saturated rings. The topological polar surface area (TPSA) is 68.8 Å². The van der Waals surface area contributed by atoms with E-state index in [0.29, 0.717) is 35.4 Å². The largest absolute Gasteiger partial charge is 0.495 e. The molecule has 0 bridgehead atoms. The van der Waals surface area contributed by atoms with Gasteiger partial charge in [-0.3, -0.25) is 0 Å². The maximum absolute atomic E-state index is 11.9. The first-order chi connectivity index (χ1) is 9.63. The first kappa shape index (κ1) is 14.7. The predicted octanol–water partition coefficient (Wildman–Crippen LogP) is 2.27. The van der Waals surface area contributed by atoms with E-state index in [2.05, 4.69) is 10.6 Å². The minimum atomic E-state index is -0.319. The summed E-state index contributed by atoms with van der Waals surface area (Å²) in [6.07, 6.45) is 0.813. The van der Waals surface area contributed by atoms with Gasteiger partial charge >= 0.3 is 6.03 Å². The Hall–Kier alpha value is -1.66. The van der Waals surface area contributed by atoms with Gasteiger partial charge in [-0.25, -0.2) is 4.79 Å². The van der Waals surface area contributed by atoms with Crippen LogP contribution >= 0.6 is 11.6 Å². The molecule has 0 spiro atoms. The summed E-state index contributed by atoms with van der Waals surface area (Å²) in [5.41, 5.74) is 0.481. The molecule has 0 saturated carbocycles. The average Bonchev–Trinajstić information content (AvgIpc) is 2.91. The summed E-state index contributed by atoms with van der Waals surface area (Å²) >= 11 is 6.04. The first-order valence-corrected chi connectivity index (χ1v) is 6.58. The van der Waals surface area contributed by atoms with E-state index in [0.717, 1.165) is 6.42 Å². The Labute approximate surface area is 122 Å². The molecule has 1 atom stereocenters. The molecule has 1 heterocycles. The molecule has 0 aliphatic carbocycles. The number of carbonyl (C=O) groups is 1. The van der Waals surface area contributed by atoms with Crippen LogP contribution in [0.2, 0.25) is 5.02 Å². The van der Waals surface area contributed by atoms with Crippen molar-refractivity contribution in [3.8, 4) is 11.5 Å². The minimum absolute atomic E-state index is 0.0368. The number of amides is 2. The van der Waals surface area contributed by atoms with Gasteiger partial charge in [-0.2, -0.15) is 0 Å². The van der Waals surface area contributed by atoms with Crippen molar-refractivity contribution in [2.24, 2.45) is 0 Å². The lowest BCUT2D eigenvalue weighted by molar-refractivity contribution is 0.189. The van der Waals surface area contributed by atoms with Gasteiger partial charge in [0.1, 0.15) is 11.5 Å². The van der Waals surface area contributed by atoms with Crippen LogP contribution in [0.3, 0.4) is 0 Å². The van der Waals surface area contributed by atoms with Gasteiger partial charge in [-0.15, -0.1) is 0 Å². The Bertz CT molecular complexity index is 490. The molecule has 0 aromatic heterocycles. The summed E-state index contributed by atoms with van der Waals surface area (Å²) in [5, 5.41) is 5.93. The van der Waals surface area contributed by atoms with Gasteiger partial charge in [0.15, 0.2) is 0 Å². The van der Waals surface area contributed by atoms with Crippen molar-refractivity contribution in [2.75, 3.05) is 32.8 Å². The third kappa shape index (κ3) is 3.46. The first-order valence-electron chi connectivity index (χ1n) is 6.21. The Balaban J connectivity index is 2.07. The fraction of sp³-hybridized carbons (Fsp3) is 0.462. The van der Waals surface area contributed by atoms with Crippen LogP contribution in [0.15, 0.2) is 12.1 Å². The van der Waals surface area contributed by atoms with Crippen molar-refractivity contribution in [2.45, 2.75) is 12.5 Å². The van der Waals surface area contributed by atoms with E-state index in [4.69, 9.17) is 25.8 Å². The third-order valence-corrected chi connectivity index (χ3v) is 3.28. The maximum atomic E-state index is 11.9. The van der Waals surface area contributed by atoms with Crippen LogP contribution in [-0.4, -0.2) is 39.5 Å². The number of halogens is 1. The van der Waals surface area contributed by atoms with E-state index in [1.807, 2.05) is 0 Å². The third-order valence-electron chi connectivity index (χ3n) is 2.99. The van der Waals surface area contributed by atoms with Gasteiger partial charge in [-0.1, -0.05) is 11.6 Å². The maximum Gasteiger partial charge on any atom is 0.319 e. The molecule has 1 aliphatic heterocycles. The Morgan fingerprint density at radius 3 is 2.70 bits per heavy atom. The molecule has 0 radical (unpaired) electrons. The number of hydrogen-bond acceptors (Lipinski definition) is 4. The van der Waals surface area contributed by atoms with Crippen LogP contribution in [0.4, 0.5) is 10.5 Å². The van der Waals surface area contributed by atoms with E-state index in [-0.39, 0.29) is 12.1 Å². The second-order valence-corrected chi connectivity index (χ2v) is 4.75. The number of carbonyl (C=O) groups excluding carboxylic acids is 1. The van der Waals surface area contributed by atoms with Crippen molar-refractivity contribution in [1.29, 1.82) is 0 Å². The zero-order chi connectivity index (χ0) is 14.5. The van der Waals surface area contributed by atoms with Gasteiger partial charge in [0.05, 0.1) is 37.6 Å². The molecular formula is C13H17ClN2O4. The van der Waals surface area contributed by atoms with Gasteiger partial charge in [0.2, 0.25) is 0 Å². The summed E-state index contributed by atoms with van der Waals surface area (Å²) in [6, 6.07) is 2.93. The molecule has 1 unspecified atom stereocenters. The second kappa shape index (κ2) is 6.67. The highest BCUT2D eigenvalue weighted by Gasteiger charge is 2.19. The summed E-state index contributed by atoms with van der Waals surface area (Å²) in [6.45, 7) is 1.20. The van der Waals surface area contributed by atoms with E-state index in [9.17, 15) is 4.79 Å². The highest BCUT2D eigenvalue weighted by Crippen LogP contribution is 2.35. The summed E-state index contributed by atoms with van der Waals surface area (Å²) in [7, 11) is 3.02. The van der Waals surface area contributed by atoms with Crippen LogP contribution < -0.4 is 20.1 Å². The molecule has 2 rings (SSSR count). The number of benzene rings is 1. The molecular weight excluding hydrogens is 284 g/mol. The summed E-state index contributed by atoms with van der Waals surface area (Å²) < 4.78 is 15.5. The van der Waals surface area contributed by atoms with Crippen LogP contribution in [0.25, 0.3) is 0 Å². The number of ether oxygens (including phenoxy) is 3. The molecule has 2 amide bonds. The number of urea groups is 1. The number of hydrogen-bond donors (Lipinski definition) is 2. The SMILES string of the molecule is COc1cc(OC)c(NC(=O)NC2CCOC2)cc1Cl. The van der Waals surface area contributed by atoms with E-state index >= 15 is 0 Å². The Kier molecular flexibility index (Phi) is 4.92. The van der Waals surface area contributed by atoms with Crippen molar-refractivity contribution < 1.29 is 19.0 Å². The lowest BCUT2D eigenvalue weighted by Crippen LogP contribution is -2.38. The van der Waals surface area contributed by atoms with Crippen molar-refractivity contribution in [1.82, 2.24) is 5.32 Å². The normalized spacial score (nSPS) is 17.6. The molecule has 1 saturated heterocycles. The minimum Gasteiger partial charge on any atom is -0.495 e. The van der Waals surface area contributed by atoms with Gasteiger partial charge in [-0.05, 0) is 12.5 Å². The van der Waals surface area contributed by atoms with E-state index < -0.39 is 0 Å². The number of rotatable bonds is 4. The van der Waals surface area contributed by atoms with Crippen LogP contribution in [0.5, 0.6) is 11.5 Å². The summed E-state index contributed by atoms with van der Waals surface area (Å²) in [5.74, 6) is 0.961. The monoisotopic (exact) mass is 300 g/mol. The fourth-order valence-electron chi connectivity index (χ4n) is 1.95. The molecule has 2 N–H and O–H groups in total. The number of nitrogens with one attached hydrogen (secondary N) is 2. The van der Waals surface area contributed by atoms with Crippen LogP contribution in [-0.2, 0) is 4.74 Å². The molecule has 20 heavy (non-hydrogen) atoms. The average molecular weight is 301 g/mol. The molecule has 1 aromatic carbocycles. The summed E-state index contributed by atoms with van der Waals surface area (Å²) in [4.78, 5) is 11.9. The lowest BCUT2D eigenvalue weighted by atomic mass is 10.2. The van der Waals surface area contributed by atoms with Gasteiger partial charge in [0, 0.05) is 12.7 Å². The lowest BCUT2D eigenvalue weighted by Gasteiger charge is -2.15. The zero-order valence-electron chi connectivity index (χ0n) is 11.4.